The van der Waals surface area contributed by atoms with Crippen LogP contribution in [0.15, 0.2) is 18.2 Å². The smallest absolute Gasteiger partial charge is 0.407 e. The third-order valence-corrected chi connectivity index (χ3v) is 6.59. The summed E-state index contributed by atoms with van der Waals surface area (Å²) in [5.74, 6) is -0.693. The van der Waals surface area contributed by atoms with Crippen molar-refractivity contribution in [2.75, 3.05) is 26.2 Å². The van der Waals surface area contributed by atoms with Gasteiger partial charge in [0.15, 0.2) is 5.69 Å². The molecule has 1 aromatic rings. The molecule has 192 valence electrons. The first-order chi connectivity index (χ1) is 16.7. The van der Waals surface area contributed by atoms with Crippen LogP contribution in [0.2, 0.25) is 0 Å². The Morgan fingerprint density at radius 3 is 2.60 bits per heavy atom. The van der Waals surface area contributed by atoms with Gasteiger partial charge in [0, 0.05) is 37.9 Å². The molecule has 1 aromatic heterocycles. The van der Waals surface area contributed by atoms with Gasteiger partial charge in [-0.25, -0.2) is 9.48 Å². The van der Waals surface area contributed by atoms with Gasteiger partial charge in [-0.2, -0.15) is 0 Å². The van der Waals surface area contributed by atoms with Crippen LogP contribution in [-0.2, 0) is 11.2 Å². The number of amides is 2. The second-order valence-corrected chi connectivity index (χ2v) is 9.84. The minimum atomic E-state index is -1.09. The molecule has 0 spiro atoms. The molecule has 0 aromatic carbocycles. The SMILES string of the molecule is CC(=O)[C@@H]1C[C@H](N(CC(C)C)C(=O)c2nnn(C3=CC=CCC3)c2CCCCO)CN(C(=O)O)C1. The molecule has 2 atom stereocenters. The van der Waals surface area contributed by atoms with Gasteiger partial charge in [-0.3, -0.25) is 9.59 Å². The largest absolute Gasteiger partial charge is 0.465 e. The average Bonchev–Trinajstić information content (AvgIpc) is 3.26. The first kappa shape index (κ1) is 26.6. The van der Waals surface area contributed by atoms with Gasteiger partial charge in [0.2, 0.25) is 0 Å². The summed E-state index contributed by atoms with van der Waals surface area (Å²) in [6.07, 6.45) is 8.82. The van der Waals surface area contributed by atoms with Crippen LogP contribution in [0.1, 0.15) is 69.1 Å². The number of unbranched alkanes of at least 4 members (excludes halogenated alkanes) is 1. The zero-order valence-corrected chi connectivity index (χ0v) is 20.9. The minimum absolute atomic E-state index is 0.0648. The van der Waals surface area contributed by atoms with Crippen LogP contribution in [0.5, 0.6) is 0 Å². The van der Waals surface area contributed by atoms with Crippen LogP contribution in [0.4, 0.5) is 4.79 Å². The molecular formula is C25H37N5O5. The summed E-state index contributed by atoms with van der Waals surface area (Å²) in [4.78, 5) is 40.9. The van der Waals surface area contributed by atoms with Gasteiger partial charge in [0.1, 0.15) is 5.78 Å². The number of likely N-dealkylation sites (tertiary alicyclic amines) is 1. The van der Waals surface area contributed by atoms with Gasteiger partial charge < -0.3 is 20.0 Å². The number of carboxylic acid groups (broad SMARTS) is 1. The maximum atomic E-state index is 14.0. The van der Waals surface area contributed by atoms with Crippen LogP contribution >= 0.6 is 0 Å². The Morgan fingerprint density at radius 2 is 2.00 bits per heavy atom. The highest BCUT2D eigenvalue weighted by atomic mass is 16.4. The predicted molar refractivity (Wildman–Crippen MR) is 131 cm³/mol. The number of aromatic nitrogens is 3. The number of piperidine rings is 1. The summed E-state index contributed by atoms with van der Waals surface area (Å²) in [5.41, 5.74) is 1.92. The first-order valence-corrected chi connectivity index (χ1v) is 12.4. The van der Waals surface area contributed by atoms with E-state index in [2.05, 4.69) is 16.4 Å². The summed E-state index contributed by atoms with van der Waals surface area (Å²) >= 11 is 0. The number of aliphatic hydroxyl groups excluding tert-OH is 1. The van der Waals surface area contributed by atoms with E-state index in [4.69, 9.17) is 0 Å². The molecule has 0 saturated carbocycles. The van der Waals surface area contributed by atoms with Gasteiger partial charge in [-0.15, -0.1) is 5.10 Å². The normalized spacial score (nSPS) is 20.1. The molecule has 0 unspecified atom stereocenters. The lowest BCUT2D eigenvalue weighted by Gasteiger charge is -2.41. The second kappa shape index (κ2) is 12.1. The number of nitrogens with zero attached hydrogens (tertiary/aromatic N) is 5. The lowest BCUT2D eigenvalue weighted by atomic mass is 9.90. The van der Waals surface area contributed by atoms with Crippen molar-refractivity contribution in [3.63, 3.8) is 0 Å². The monoisotopic (exact) mass is 487 g/mol. The molecule has 2 heterocycles. The van der Waals surface area contributed by atoms with Crippen molar-refractivity contribution in [1.82, 2.24) is 24.8 Å². The molecule has 2 amide bonds. The van der Waals surface area contributed by atoms with E-state index >= 15 is 0 Å². The lowest BCUT2D eigenvalue weighted by Crippen LogP contribution is -2.55. The molecule has 1 aliphatic carbocycles. The van der Waals surface area contributed by atoms with Gasteiger partial charge in [0.25, 0.3) is 5.91 Å². The van der Waals surface area contributed by atoms with Crippen LogP contribution in [-0.4, -0.2) is 85.1 Å². The number of Topliss-reactive ketones (excluding diaryl/α,β-unsaturated/α-hetero) is 1. The Hall–Kier alpha value is -3.01. The van der Waals surface area contributed by atoms with E-state index < -0.39 is 18.1 Å². The molecule has 0 radical (unpaired) electrons. The fourth-order valence-electron chi connectivity index (χ4n) is 4.77. The molecule has 3 rings (SSSR count). The first-order valence-electron chi connectivity index (χ1n) is 12.4. The number of aliphatic hydroxyl groups is 1. The highest BCUT2D eigenvalue weighted by Crippen LogP contribution is 2.27. The average molecular weight is 488 g/mol. The van der Waals surface area contributed by atoms with Crippen molar-refractivity contribution in [2.45, 2.75) is 65.3 Å². The molecule has 10 heteroatoms. The number of hydrogen-bond acceptors (Lipinski definition) is 6. The Kier molecular flexibility index (Phi) is 9.20. The van der Waals surface area contributed by atoms with Crippen molar-refractivity contribution < 1.29 is 24.6 Å². The fraction of sp³-hybridized carbons (Fsp3) is 0.640. The van der Waals surface area contributed by atoms with Crippen molar-refractivity contribution in [3.05, 3.63) is 29.6 Å². The van der Waals surface area contributed by atoms with Crippen LogP contribution < -0.4 is 0 Å². The maximum absolute atomic E-state index is 14.0. The maximum Gasteiger partial charge on any atom is 0.407 e. The topological polar surface area (TPSA) is 129 Å². The summed E-state index contributed by atoms with van der Waals surface area (Å²) in [7, 11) is 0. The van der Waals surface area contributed by atoms with Crippen LogP contribution in [0, 0.1) is 11.8 Å². The van der Waals surface area contributed by atoms with Crippen molar-refractivity contribution >= 4 is 23.5 Å². The fourth-order valence-corrected chi connectivity index (χ4v) is 4.77. The van der Waals surface area contributed by atoms with E-state index in [1.165, 1.54) is 11.8 Å². The Balaban J connectivity index is 1.97. The lowest BCUT2D eigenvalue weighted by molar-refractivity contribution is -0.122. The molecule has 10 nitrogen and oxygen atoms in total. The predicted octanol–water partition coefficient (Wildman–Crippen LogP) is 2.84. The van der Waals surface area contributed by atoms with E-state index in [9.17, 15) is 24.6 Å². The molecule has 1 aliphatic heterocycles. The Labute approximate surface area is 206 Å². The molecule has 2 aliphatic rings. The Bertz CT molecular complexity index is 961. The van der Waals surface area contributed by atoms with Gasteiger partial charge in [-0.05, 0) is 57.4 Å². The van der Waals surface area contributed by atoms with Crippen LogP contribution in [0.3, 0.4) is 0 Å². The van der Waals surface area contributed by atoms with Gasteiger partial charge >= 0.3 is 6.09 Å². The zero-order valence-electron chi connectivity index (χ0n) is 20.9. The molecule has 2 N–H and O–H groups in total. The van der Waals surface area contributed by atoms with Gasteiger partial charge in [0.05, 0.1) is 11.7 Å². The molecular weight excluding hydrogens is 450 g/mol. The van der Waals surface area contributed by atoms with Crippen molar-refractivity contribution in [2.24, 2.45) is 11.8 Å². The highest BCUT2D eigenvalue weighted by Gasteiger charge is 2.38. The standard InChI is InChI=1S/C25H37N5O5/c1-17(2)14-29(21-13-19(18(3)32)15-28(16-21)25(34)35)24(33)23-22(11-7-8-12-31)30(27-26-23)20-9-5-4-6-10-20/h4-5,9,17,19,21,31H,6-8,10-16H2,1-3H3,(H,34,35)/t19-,21+/m1/s1. The number of carbonyl (C=O) groups excluding carboxylic acids is 2. The number of allylic oxidation sites excluding steroid dienone is 4. The van der Waals surface area contributed by atoms with Crippen molar-refractivity contribution in [1.29, 1.82) is 0 Å². The molecule has 0 bridgehead atoms. The number of ketones is 1. The quantitative estimate of drug-likeness (QED) is 0.486. The summed E-state index contributed by atoms with van der Waals surface area (Å²) < 4.78 is 1.74. The summed E-state index contributed by atoms with van der Waals surface area (Å²) in [6, 6.07) is -0.434. The van der Waals surface area contributed by atoms with E-state index in [1.54, 1.807) is 9.58 Å². The third kappa shape index (κ3) is 6.56. The number of rotatable bonds is 10. The third-order valence-electron chi connectivity index (χ3n) is 6.59. The number of carbonyl (C=O) groups is 3. The number of hydrogen-bond donors (Lipinski definition) is 2. The molecule has 1 fully saturated rings. The molecule has 1 saturated heterocycles. The van der Waals surface area contributed by atoms with E-state index in [0.717, 1.165) is 18.5 Å². The van der Waals surface area contributed by atoms with Crippen LogP contribution in [0.25, 0.3) is 5.70 Å². The second-order valence-electron chi connectivity index (χ2n) is 9.84. The highest BCUT2D eigenvalue weighted by molar-refractivity contribution is 5.94. The zero-order chi connectivity index (χ0) is 25.5. The van der Waals surface area contributed by atoms with Gasteiger partial charge in [-0.1, -0.05) is 31.2 Å². The van der Waals surface area contributed by atoms with E-state index in [0.29, 0.717) is 37.9 Å². The van der Waals surface area contributed by atoms with E-state index in [-0.39, 0.29) is 43.0 Å². The summed E-state index contributed by atoms with van der Waals surface area (Å²) in [5, 5.41) is 27.5. The van der Waals surface area contributed by atoms with Crippen molar-refractivity contribution in [3.8, 4) is 0 Å². The van der Waals surface area contributed by atoms with E-state index in [1.807, 2.05) is 26.0 Å². The molecule has 35 heavy (non-hydrogen) atoms. The Morgan fingerprint density at radius 1 is 1.23 bits per heavy atom. The summed E-state index contributed by atoms with van der Waals surface area (Å²) in [6.45, 7) is 6.25. The minimum Gasteiger partial charge on any atom is -0.465 e.